The van der Waals surface area contributed by atoms with Crippen molar-refractivity contribution in [2.24, 2.45) is 0 Å². The van der Waals surface area contributed by atoms with E-state index in [2.05, 4.69) is 9.97 Å². The third-order valence-electron chi connectivity index (χ3n) is 5.02. The Bertz CT molecular complexity index is 1260. The fourth-order valence-electron chi connectivity index (χ4n) is 3.57. The number of phenols is 1. The van der Waals surface area contributed by atoms with Gasteiger partial charge in [0.1, 0.15) is 0 Å². The SMILES string of the molecule is COc1c(O)cccc1-c1c(C(C)C)nc2cnc(-c3cccc(C(F)(F)F)c3)cn12. The lowest BCUT2D eigenvalue weighted by Crippen LogP contribution is -2.04. The number of ether oxygens (including phenoxy) is 1. The maximum Gasteiger partial charge on any atom is 0.416 e. The molecular formula is C23H20F3N3O2. The number of nitrogens with zero attached hydrogens (tertiary/aromatic N) is 3. The van der Waals surface area contributed by atoms with Crippen molar-refractivity contribution < 1.29 is 23.0 Å². The molecule has 0 unspecified atom stereocenters. The Morgan fingerprint density at radius 2 is 1.84 bits per heavy atom. The topological polar surface area (TPSA) is 59.7 Å². The smallest absolute Gasteiger partial charge is 0.416 e. The minimum absolute atomic E-state index is 0.0168. The van der Waals surface area contributed by atoms with Gasteiger partial charge in [0, 0.05) is 17.3 Å². The highest BCUT2D eigenvalue weighted by Gasteiger charge is 2.30. The third-order valence-corrected chi connectivity index (χ3v) is 5.02. The molecule has 5 nitrogen and oxygen atoms in total. The molecule has 0 bridgehead atoms. The summed E-state index contributed by atoms with van der Waals surface area (Å²) in [6.07, 6.45) is -1.26. The molecule has 0 spiro atoms. The summed E-state index contributed by atoms with van der Waals surface area (Å²) >= 11 is 0. The number of fused-ring (bicyclic) bond motifs is 1. The zero-order valence-electron chi connectivity index (χ0n) is 17.1. The number of rotatable bonds is 4. The van der Waals surface area contributed by atoms with Crippen LogP contribution in [0.5, 0.6) is 11.5 Å². The summed E-state index contributed by atoms with van der Waals surface area (Å²) in [5.74, 6) is 0.319. The van der Waals surface area contributed by atoms with Crippen LogP contribution in [-0.2, 0) is 6.18 Å². The van der Waals surface area contributed by atoms with Crippen molar-refractivity contribution in [2.45, 2.75) is 25.9 Å². The molecule has 1 N–H and O–H groups in total. The van der Waals surface area contributed by atoms with Gasteiger partial charge in [-0.3, -0.25) is 9.38 Å². The quantitative estimate of drug-likeness (QED) is 0.439. The standard InChI is InChI=1S/C23H20F3N3O2/c1-13(2)20-21(16-8-5-9-18(30)22(16)31-3)29-12-17(27-11-19(29)28-20)14-6-4-7-15(10-14)23(24,25)26/h4-13,30H,1-3H3. The van der Waals surface area contributed by atoms with Crippen LogP contribution in [0.4, 0.5) is 13.2 Å². The molecule has 31 heavy (non-hydrogen) atoms. The van der Waals surface area contributed by atoms with Gasteiger partial charge in [-0.15, -0.1) is 0 Å². The van der Waals surface area contributed by atoms with Crippen LogP contribution in [0.25, 0.3) is 28.2 Å². The van der Waals surface area contributed by atoms with Crippen molar-refractivity contribution in [3.05, 3.63) is 66.1 Å². The highest BCUT2D eigenvalue weighted by molar-refractivity contribution is 5.76. The van der Waals surface area contributed by atoms with Crippen molar-refractivity contribution in [3.63, 3.8) is 0 Å². The van der Waals surface area contributed by atoms with Crippen LogP contribution in [0.2, 0.25) is 0 Å². The first-order chi connectivity index (χ1) is 14.7. The number of para-hydroxylation sites is 1. The van der Waals surface area contributed by atoms with Gasteiger partial charge in [-0.1, -0.05) is 32.0 Å². The highest BCUT2D eigenvalue weighted by Crippen LogP contribution is 2.41. The molecule has 0 saturated carbocycles. The van der Waals surface area contributed by atoms with Crippen LogP contribution >= 0.6 is 0 Å². The Kier molecular flexibility index (Phi) is 5.08. The number of aromatic hydroxyl groups is 1. The lowest BCUT2D eigenvalue weighted by atomic mass is 10.0. The van der Waals surface area contributed by atoms with Crippen molar-refractivity contribution in [1.82, 2.24) is 14.4 Å². The van der Waals surface area contributed by atoms with E-state index in [1.165, 1.54) is 25.4 Å². The number of alkyl halides is 3. The lowest BCUT2D eigenvalue weighted by Gasteiger charge is -2.13. The zero-order chi connectivity index (χ0) is 22.3. The van der Waals surface area contributed by atoms with E-state index in [4.69, 9.17) is 4.74 Å². The van der Waals surface area contributed by atoms with E-state index in [0.29, 0.717) is 33.9 Å². The molecule has 0 aliphatic carbocycles. The van der Waals surface area contributed by atoms with Crippen LogP contribution in [0.3, 0.4) is 0 Å². The summed E-state index contributed by atoms with van der Waals surface area (Å²) in [6, 6.07) is 10.1. The van der Waals surface area contributed by atoms with Crippen molar-refractivity contribution >= 4 is 5.65 Å². The van der Waals surface area contributed by atoms with Crippen LogP contribution in [0, 0.1) is 0 Å². The highest BCUT2D eigenvalue weighted by atomic mass is 19.4. The van der Waals surface area contributed by atoms with Gasteiger partial charge in [0.05, 0.1) is 36.0 Å². The van der Waals surface area contributed by atoms with Gasteiger partial charge >= 0.3 is 6.18 Å². The van der Waals surface area contributed by atoms with Crippen molar-refractivity contribution in [1.29, 1.82) is 0 Å². The lowest BCUT2D eigenvalue weighted by molar-refractivity contribution is -0.137. The summed E-state index contributed by atoms with van der Waals surface area (Å²) < 4.78 is 46.7. The number of phenolic OH excluding ortho intramolecular Hbond substituents is 1. The van der Waals surface area contributed by atoms with E-state index in [9.17, 15) is 18.3 Å². The average molecular weight is 427 g/mol. The molecular weight excluding hydrogens is 407 g/mol. The Balaban J connectivity index is 1.98. The zero-order valence-corrected chi connectivity index (χ0v) is 17.1. The third kappa shape index (κ3) is 3.69. The summed E-state index contributed by atoms with van der Waals surface area (Å²) in [7, 11) is 1.46. The first-order valence-corrected chi connectivity index (χ1v) is 9.62. The Morgan fingerprint density at radius 1 is 1.10 bits per heavy atom. The molecule has 0 aliphatic heterocycles. The summed E-state index contributed by atoms with van der Waals surface area (Å²) in [5, 5.41) is 10.3. The second-order valence-electron chi connectivity index (χ2n) is 7.44. The number of halogens is 3. The molecule has 0 radical (unpaired) electrons. The van der Waals surface area contributed by atoms with Gasteiger partial charge in [0.15, 0.2) is 17.1 Å². The molecule has 8 heteroatoms. The van der Waals surface area contributed by atoms with Crippen LogP contribution in [-0.4, -0.2) is 26.6 Å². The minimum Gasteiger partial charge on any atom is -0.504 e. The molecule has 2 aromatic carbocycles. The van der Waals surface area contributed by atoms with Gasteiger partial charge < -0.3 is 9.84 Å². The number of benzene rings is 2. The maximum atomic E-state index is 13.2. The molecule has 0 aliphatic rings. The van der Waals surface area contributed by atoms with Gasteiger partial charge in [0.2, 0.25) is 0 Å². The number of aromatic nitrogens is 3. The number of imidazole rings is 1. The predicted octanol–water partition coefficient (Wildman–Crippen LogP) is 5.92. The number of hydrogen-bond donors (Lipinski definition) is 1. The Labute approximate surface area is 176 Å². The van der Waals surface area contributed by atoms with Crippen LogP contribution in [0.1, 0.15) is 31.0 Å². The predicted molar refractivity (Wildman–Crippen MR) is 111 cm³/mol. The van der Waals surface area contributed by atoms with Crippen molar-refractivity contribution in [2.75, 3.05) is 7.11 Å². The fraction of sp³-hybridized carbons (Fsp3) is 0.217. The fourth-order valence-corrected chi connectivity index (χ4v) is 3.57. The summed E-state index contributed by atoms with van der Waals surface area (Å²) in [5.41, 5.74) is 2.58. The molecule has 0 amide bonds. The van der Waals surface area contributed by atoms with Crippen molar-refractivity contribution in [3.8, 4) is 34.0 Å². The molecule has 4 rings (SSSR count). The molecule has 2 heterocycles. The minimum atomic E-state index is -4.44. The first-order valence-electron chi connectivity index (χ1n) is 9.62. The monoisotopic (exact) mass is 427 g/mol. The van der Waals surface area contributed by atoms with E-state index in [-0.39, 0.29) is 11.7 Å². The second-order valence-corrected chi connectivity index (χ2v) is 7.44. The average Bonchev–Trinajstić information content (AvgIpc) is 3.12. The molecule has 0 saturated heterocycles. The van der Waals surface area contributed by atoms with Crippen LogP contribution < -0.4 is 4.74 Å². The molecule has 0 atom stereocenters. The summed E-state index contributed by atoms with van der Waals surface area (Å²) in [4.78, 5) is 9.01. The van der Waals surface area contributed by atoms with Gasteiger partial charge in [-0.05, 0) is 30.2 Å². The summed E-state index contributed by atoms with van der Waals surface area (Å²) in [6.45, 7) is 3.98. The molecule has 2 aromatic heterocycles. The van der Waals surface area contributed by atoms with E-state index in [1.54, 1.807) is 28.8 Å². The second kappa shape index (κ2) is 7.61. The van der Waals surface area contributed by atoms with Gasteiger partial charge in [-0.2, -0.15) is 13.2 Å². The largest absolute Gasteiger partial charge is 0.504 e. The first kappa shape index (κ1) is 20.7. The maximum absolute atomic E-state index is 13.2. The molecule has 0 fully saturated rings. The Morgan fingerprint density at radius 3 is 2.52 bits per heavy atom. The van der Waals surface area contributed by atoms with E-state index in [1.807, 2.05) is 13.8 Å². The number of hydrogen-bond acceptors (Lipinski definition) is 4. The molecule has 160 valence electrons. The Hall–Kier alpha value is -3.55. The van der Waals surface area contributed by atoms with Crippen LogP contribution in [0.15, 0.2) is 54.9 Å². The van der Waals surface area contributed by atoms with Gasteiger partial charge in [-0.25, -0.2) is 4.98 Å². The number of methoxy groups -OCH3 is 1. The van der Waals surface area contributed by atoms with Gasteiger partial charge in [0.25, 0.3) is 0 Å². The van der Waals surface area contributed by atoms with E-state index >= 15 is 0 Å². The van der Waals surface area contributed by atoms with E-state index < -0.39 is 11.7 Å². The molecule has 4 aromatic rings. The normalized spacial score (nSPS) is 12.0. The van der Waals surface area contributed by atoms with E-state index in [0.717, 1.165) is 17.8 Å².